The lowest BCUT2D eigenvalue weighted by atomic mass is 10.0. The summed E-state index contributed by atoms with van der Waals surface area (Å²) in [6, 6.07) is 2.82. The first kappa shape index (κ1) is 15.8. The van der Waals surface area contributed by atoms with Gasteiger partial charge in [0.15, 0.2) is 0 Å². The maximum atomic E-state index is 12.4. The molecule has 0 aromatic heterocycles. The molecule has 114 valence electrons. The Morgan fingerprint density at radius 1 is 1.33 bits per heavy atom. The van der Waals surface area contributed by atoms with Crippen molar-refractivity contribution in [1.29, 1.82) is 0 Å². The zero-order valence-corrected chi connectivity index (χ0v) is 13.7. The predicted octanol–water partition coefficient (Wildman–Crippen LogP) is 3.54. The van der Waals surface area contributed by atoms with Crippen molar-refractivity contribution in [2.24, 2.45) is 0 Å². The first-order valence-corrected chi connectivity index (χ1v) is 7.76. The number of hydrogen-bond acceptors (Lipinski definition) is 2. The highest BCUT2D eigenvalue weighted by atomic mass is 79.9. The van der Waals surface area contributed by atoms with Gasteiger partial charge in [0.1, 0.15) is 6.04 Å². The minimum atomic E-state index is -0.940. The number of aryl methyl sites for hydroxylation is 2. The molecule has 1 aromatic carbocycles. The lowest BCUT2D eigenvalue weighted by Crippen LogP contribution is -2.49. The Morgan fingerprint density at radius 3 is 2.67 bits per heavy atom. The van der Waals surface area contributed by atoms with Crippen LogP contribution in [0.4, 0.5) is 10.5 Å². The predicted molar refractivity (Wildman–Crippen MR) is 84.6 cm³/mol. The Morgan fingerprint density at radius 2 is 2.05 bits per heavy atom. The van der Waals surface area contributed by atoms with E-state index in [1.807, 2.05) is 26.0 Å². The highest BCUT2D eigenvalue weighted by Crippen LogP contribution is 2.29. The Kier molecular flexibility index (Phi) is 4.88. The van der Waals surface area contributed by atoms with E-state index in [2.05, 4.69) is 21.2 Å². The van der Waals surface area contributed by atoms with Gasteiger partial charge in [0.25, 0.3) is 0 Å². The monoisotopic (exact) mass is 354 g/mol. The molecule has 1 aliphatic heterocycles. The molecule has 1 heterocycles. The van der Waals surface area contributed by atoms with Gasteiger partial charge in [-0.15, -0.1) is 0 Å². The first-order chi connectivity index (χ1) is 9.90. The van der Waals surface area contributed by atoms with Crippen LogP contribution in [-0.2, 0) is 4.79 Å². The fourth-order valence-corrected chi connectivity index (χ4v) is 3.46. The van der Waals surface area contributed by atoms with Gasteiger partial charge >= 0.3 is 12.0 Å². The van der Waals surface area contributed by atoms with Crippen LogP contribution in [0.5, 0.6) is 0 Å². The van der Waals surface area contributed by atoms with Crippen molar-refractivity contribution >= 4 is 33.6 Å². The van der Waals surface area contributed by atoms with E-state index in [0.29, 0.717) is 18.7 Å². The van der Waals surface area contributed by atoms with Crippen molar-refractivity contribution in [2.45, 2.75) is 39.2 Å². The van der Waals surface area contributed by atoms with Gasteiger partial charge in [-0.3, -0.25) is 0 Å². The van der Waals surface area contributed by atoms with Crippen LogP contribution in [0.1, 0.15) is 30.4 Å². The van der Waals surface area contributed by atoms with Crippen molar-refractivity contribution in [3.63, 3.8) is 0 Å². The summed E-state index contributed by atoms with van der Waals surface area (Å²) in [6.07, 6.45) is 2.19. The van der Waals surface area contributed by atoms with Gasteiger partial charge in [0, 0.05) is 11.0 Å². The normalized spacial score (nSPS) is 18.4. The average Bonchev–Trinajstić information content (AvgIpc) is 2.42. The number of hydrogen-bond donors (Lipinski definition) is 2. The standard InChI is InChI=1S/C15H19BrN2O3/c1-9-7-10(2)13(11(16)8-9)17-15(21)18-6-4-3-5-12(18)14(19)20/h7-8,12H,3-6H2,1-2H3,(H,17,21)(H,19,20). The molecule has 0 aliphatic carbocycles. The van der Waals surface area contributed by atoms with Crippen LogP contribution in [0, 0.1) is 13.8 Å². The number of rotatable bonds is 2. The molecule has 2 amide bonds. The molecule has 1 unspecified atom stereocenters. The largest absolute Gasteiger partial charge is 0.480 e. The number of aliphatic carboxylic acids is 1. The Hall–Kier alpha value is -1.56. The average molecular weight is 355 g/mol. The van der Waals surface area contributed by atoms with Crippen molar-refractivity contribution in [3.05, 3.63) is 27.7 Å². The fourth-order valence-electron chi connectivity index (χ4n) is 2.68. The summed E-state index contributed by atoms with van der Waals surface area (Å²) < 4.78 is 0.803. The number of anilines is 1. The van der Waals surface area contributed by atoms with Crippen LogP contribution in [-0.4, -0.2) is 34.6 Å². The highest BCUT2D eigenvalue weighted by molar-refractivity contribution is 9.10. The topological polar surface area (TPSA) is 69.6 Å². The van der Waals surface area contributed by atoms with Gasteiger partial charge in [-0.2, -0.15) is 0 Å². The van der Waals surface area contributed by atoms with Gasteiger partial charge in [-0.05, 0) is 66.2 Å². The third-order valence-corrected chi connectivity index (χ3v) is 4.34. The highest BCUT2D eigenvalue weighted by Gasteiger charge is 2.32. The number of nitrogens with one attached hydrogen (secondary N) is 1. The summed E-state index contributed by atoms with van der Waals surface area (Å²) in [7, 11) is 0. The molecule has 1 aliphatic rings. The number of nitrogens with zero attached hydrogens (tertiary/aromatic N) is 1. The van der Waals surface area contributed by atoms with Gasteiger partial charge in [0.05, 0.1) is 5.69 Å². The molecule has 2 rings (SSSR count). The van der Waals surface area contributed by atoms with E-state index < -0.39 is 12.0 Å². The molecule has 0 bridgehead atoms. The molecule has 1 atom stereocenters. The molecule has 1 aromatic rings. The number of piperidine rings is 1. The second kappa shape index (κ2) is 6.47. The summed E-state index contributed by atoms with van der Waals surface area (Å²) >= 11 is 3.44. The molecule has 0 saturated carbocycles. The third kappa shape index (κ3) is 3.56. The Bertz CT molecular complexity index is 551. The second-order valence-corrected chi connectivity index (χ2v) is 6.27. The number of carboxylic acid groups (broad SMARTS) is 1. The number of halogens is 1. The van der Waals surface area contributed by atoms with Gasteiger partial charge in [0.2, 0.25) is 0 Å². The van der Waals surface area contributed by atoms with E-state index >= 15 is 0 Å². The Balaban J connectivity index is 2.19. The summed E-state index contributed by atoms with van der Waals surface area (Å²) in [5.41, 5.74) is 2.73. The van der Waals surface area contributed by atoms with E-state index in [1.165, 1.54) is 4.90 Å². The van der Waals surface area contributed by atoms with Crippen LogP contribution in [0.3, 0.4) is 0 Å². The molecule has 21 heavy (non-hydrogen) atoms. The quantitative estimate of drug-likeness (QED) is 0.853. The molecule has 1 saturated heterocycles. The summed E-state index contributed by atoms with van der Waals surface area (Å²) in [6.45, 7) is 4.37. The molecular weight excluding hydrogens is 336 g/mol. The number of benzene rings is 1. The minimum absolute atomic E-state index is 0.352. The maximum Gasteiger partial charge on any atom is 0.326 e. The lowest BCUT2D eigenvalue weighted by Gasteiger charge is -2.33. The number of carbonyl (C=O) groups excluding carboxylic acids is 1. The molecule has 6 heteroatoms. The molecule has 5 nitrogen and oxygen atoms in total. The number of carbonyl (C=O) groups is 2. The van der Waals surface area contributed by atoms with E-state index in [4.69, 9.17) is 0 Å². The van der Waals surface area contributed by atoms with Crippen molar-refractivity contribution in [1.82, 2.24) is 4.90 Å². The van der Waals surface area contributed by atoms with Crippen LogP contribution in [0.15, 0.2) is 16.6 Å². The van der Waals surface area contributed by atoms with E-state index in [-0.39, 0.29) is 6.03 Å². The van der Waals surface area contributed by atoms with Gasteiger partial charge < -0.3 is 15.3 Å². The van der Waals surface area contributed by atoms with Crippen LogP contribution in [0.25, 0.3) is 0 Å². The van der Waals surface area contributed by atoms with E-state index in [0.717, 1.165) is 28.4 Å². The van der Waals surface area contributed by atoms with Crippen LogP contribution < -0.4 is 5.32 Å². The summed E-state index contributed by atoms with van der Waals surface area (Å²) in [5, 5.41) is 12.1. The lowest BCUT2D eigenvalue weighted by molar-refractivity contribution is -0.143. The summed E-state index contributed by atoms with van der Waals surface area (Å²) in [5.74, 6) is -0.940. The molecule has 0 spiro atoms. The van der Waals surface area contributed by atoms with Gasteiger partial charge in [-0.25, -0.2) is 9.59 Å². The van der Waals surface area contributed by atoms with Crippen molar-refractivity contribution in [2.75, 3.05) is 11.9 Å². The van der Waals surface area contributed by atoms with Crippen molar-refractivity contribution in [3.8, 4) is 0 Å². The zero-order chi connectivity index (χ0) is 15.6. The van der Waals surface area contributed by atoms with Crippen LogP contribution >= 0.6 is 15.9 Å². The third-order valence-electron chi connectivity index (χ3n) is 3.71. The molecular formula is C15H19BrN2O3. The summed E-state index contributed by atoms with van der Waals surface area (Å²) in [4.78, 5) is 25.1. The molecule has 2 N–H and O–H groups in total. The zero-order valence-electron chi connectivity index (χ0n) is 12.1. The maximum absolute atomic E-state index is 12.4. The minimum Gasteiger partial charge on any atom is -0.480 e. The Labute approximate surface area is 132 Å². The molecule has 1 fully saturated rings. The van der Waals surface area contributed by atoms with Crippen molar-refractivity contribution < 1.29 is 14.7 Å². The molecule has 0 radical (unpaired) electrons. The first-order valence-electron chi connectivity index (χ1n) is 6.97. The number of carboxylic acids is 1. The van der Waals surface area contributed by atoms with Crippen LogP contribution in [0.2, 0.25) is 0 Å². The van der Waals surface area contributed by atoms with E-state index in [9.17, 15) is 14.7 Å². The fraction of sp³-hybridized carbons (Fsp3) is 0.467. The second-order valence-electron chi connectivity index (χ2n) is 5.41. The smallest absolute Gasteiger partial charge is 0.326 e. The SMILES string of the molecule is Cc1cc(C)c(NC(=O)N2CCCCC2C(=O)O)c(Br)c1. The number of amides is 2. The number of urea groups is 1. The number of likely N-dealkylation sites (tertiary alicyclic amines) is 1. The van der Waals surface area contributed by atoms with E-state index in [1.54, 1.807) is 0 Å². The van der Waals surface area contributed by atoms with Gasteiger partial charge in [-0.1, -0.05) is 6.07 Å².